The number of benzene rings is 1. The van der Waals surface area contributed by atoms with Crippen LogP contribution in [0.5, 0.6) is 11.5 Å². The van der Waals surface area contributed by atoms with E-state index in [1.807, 2.05) is 35.6 Å². The second kappa shape index (κ2) is 10.3. The summed E-state index contributed by atoms with van der Waals surface area (Å²) >= 11 is 1.83. The van der Waals surface area contributed by atoms with E-state index in [-0.39, 0.29) is 5.91 Å². The lowest BCUT2D eigenvalue weighted by Gasteiger charge is -2.29. The van der Waals surface area contributed by atoms with Crippen molar-refractivity contribution in [3.05, 3.63) is 46.7 Å². The lowest BCUT2D eigenvalue weighted by molar-refractivity contribution is -1.01. The summed E-state index contributed by atoms with van der Waals surface area (Å²) in [6.45, 7) is 6.92. The standard InChI is InChI=1S/C20H27N3O3S/c1-25-18-6-2-3-7-19(18)26-13-8-21-20(24)16-23-11-9-22(10-12-23)15-17-5-4-14-27-17/h2-7,14H,8-13,15-16H2,1H3,(H,21,24)/p+2. The van der Waals surface area contributed by atoms with E-state index < -0.39 is 0 Å². The van der Waals surface area contributed by atoms with Crippen molar-refractivity contribution in [1.82, 2.24) is 5.32 Å². The molecule has 7 heteroatoms. The summed E-state index contributed by atoms with van der Waals surface area (Å²) in [4.78, 5) is 16.6. The minimum atomic E-state index is 0.0929. The van der Waals surface area contributed by atoms with Crippen LogP contribution in [-0.4, -0.2) is 58.9 Å². The fraction of sp³-hybridized carbons (Fsp3) is 0.450. The minimum Gasteiger partial charge on any atom is -0.493 e. The average molecular weight is 392 g/mol. The molecule has 146 valence electrons. The van der Waals surface area contributed by atoms with Crippen LogP contribution in [0, 0.1) is 0 Å². The van der Waals surface area contributed by atoms with E-state index in [4.69, 9.17) is 9.47 Å². The molecule has 1 fully saturated rings. The van der Waals surface area contributed by atoms with Gasteiger partial charge in [0.05, 0.1) is 18.5 Å². The van der Waals surface area contributed by atoms with E-state index in [0.717, 1.165) is 32.7 Å². The zero-order valence-electron chi connectivity index (χ0n) is 15.8. The number of ether oxygens (including phenoxy) is 2. The molecule has 0 unspecified atom stereocenters. The van der Waals surface area contributed by atoms with Crippen LogP contribution in [0.4, 0.5) is 0 Å². The number of carbonyl (C=O) groups excluding carboxylic acids is 1. The molecule has 1 aromatic carbocycles. The van der Waals surface area contributed by atoms with Crippen molar-refractivity contribution >= 4 is 17.2 Å². The maximum absolute atomic E-state index is 12.2. The Hall–Kier alpha value is -2.09. The first-order valence-electron chi connectivity index (χ1n) is 9.46. The Bertz CT molecular complexity index is 700. The third kappa shape index (κ3) is 6.23. The lowest BCUT2D eigenvalue weighted by atomic mass is 10.3. The second-order valence-corrected chi connectivity index (χ2v) is 7.81. The topological polar surface area (TPSA) is 56.4 Å². The number of quaternary nitrogens is 2. The Labute approximate surface area is 164 Å². The Morgan fingerprint density at radius 1 is 1.07 bits per heavy atom. The molecule has 1 aromatic heterocycles. The fourth-order valence-electron chi connectivity index (χ4n) is 3.35. The number of amides is 1. The molecule has 1 amide bonds. The zero-order chi connectivity index (χ0) is 18.9. The third-order valence-electron chi connectivity index (χ3n) is 4.83. The van der Waals surface area contributed by atoms with Gasteiger partial charge in [0.1, 0.15) is 39.3 Å². The van der Waals surface area contributed by atoms with Crippen LogP contribution in [0.1, 0.15) is 4.88 Å². The zero-order valence-corrected chi connectivity index (χ0v) is 16.6. The monoisotopic (exact) mass is 391 g/mol. The summed E-state index contributed by atoms with van der Waals surface area (Å²) in [5, 5.41) is 5.09. The molecule has 3 N–H and O–H groups in total. The van der Waals surface area contributed by atoms with Crippen molar-refractivity contribution in [2.45, 2.75) is 6.54 Å². The summed E-state index contributed by atoms with van der Waals surface area (Å²) in [5.41, 5.74) is 0. The maximum atomic E-state index is 12.2. The van der Waals surface area contributed by atoms with Crippen molar-refractivity contribution in [3.8, 4) is 11.5 Å². The number of thiophene rings is 1. The van der Waals surface area contributed by atoms with Crippen LogP contribution < -0.4 is 24.6 Å². The summed E-state index contributed by atoms with van der Waals surface area (Å²) in [6.07, 6.45) is 0. The molecule has 0 spiro atoms. The molecule has 0 saturated carbocycles. The number of hydrogen-bond acceptors (Lipinski definition) is 4. The van der Waals surface area contributed by atoms with Crippen LogP contribution in [0.2, 0.25) is 0 Å². The van der Waals surface area contributed by atoms with E-state index in [9.17, 15) is 4.79 Å². The Morgan fingerprint density at radius 3 is 2.52 bits per heavy atom. The smallest absolute Gasteiger partial charge is 0.275 e. The lowest BCUT2D eigenvalue weighted by Crippen LogP contribution is -3.28. The Balaban J connectivity index is 1.30. The van der Waals surface area contributed by atoms with Gasteiger partial charge in [-0.05, 0) is 23.6 Å². The summed E-state index contributed by atoms with van der Waals surface area (Å²) < 4.78 is 10.9. The highest BCUT2D eigenvalue weighted by Gasteiger charge is 2.24. The van der Waals surface area contributed by atoms with Gasteiger partial charge in [0.25, 0.3) is 5.91 Å². The predicted octanol–water partition coefficient (Wildman–Crippen LogP) is -0.765. The highest BCUT2D eigenvalue weighted by molar-refractivity contribution is 7.09. The summed E-state index contributed by atoms with van der Waals surface area (Å²) in [6, 6.07) is 11.8. The molecule has 6 nitrogen and oxygen atoms in total. The van der Waals surface area contributed by atoms with E-state index in [2.05, 4.69) is 22.8 Å². The number of carbonyl (C=O) groups is 1. The number of methoxy groups -OCH3 is 1. The Kier molecular flexibility index (Phi) is 7.50. The van der Waals surface area contributed by atoms with Crippen molar-refractivity contribution in [2.75, 3.05) is 53.0 Å². The van der Waals surface area contributed by atoms with Gasteiger partial charge in [-0.3, -0.25) is 4.79 Å². The van der Waals surface area contributed by atoms with Crippen LogP contribution >= 0.6 is 11.3 Å². The van der Waals surface area contributed by atoms with Crippen LogP contribution in [-0.2, 0) is 11.3 Å². The third-order valence-corrected chi connectivity index (χ3v) is 5.71. The molecular weight excluding hydrogens is 362 g/mol. The van der Waals surface area contributed by atoms with Crippen molar-refractivity contribution in [1.29, 1.82) is 0 Å². The predicted molar refractivity (Wildman–Crippen MR) is 106 cm³/mol. The molecule has 1 saturated heterocycles. The molecule has 0 aliphatic carbocycles. The maximum Gasteiger partial charge on any atom is 0.275 e. The van der Waals surface area contributed by atoms with Crippen molar-refractivity contribution < 1.29 is 24.1 Å². The number of para-hydroxylation sites is 2. The first kappa shape index (κ1) is 19.7. The van der Waals surface area contributed by atoms with Crippen LogP contribution in [0.25, 0.3) is 0 Å². The van der Waals surface area contributed by atoms with Gasteiger partial charge >= 0.3 is 0 Å². The molecule has 27 heavy (non-hydrogen) atoms. The molecule has 3 rings (SSSR count). The first-order valence-corrected chi connectivity index (χ1v) is 10.3. The molecular formula is C20H29N3O3S+2. The van der Waals surface area contributed by atoms with Gasteiger partial charge in [-0.2, -0.15) is 0 Å². The average Bonchev–Trinajstić information content (AvgIpc) is 3.20. The van der Waals surface area contributed by atoms with Gasteiger partial charge in [0.2, 0.25) is 0 Å². The first-order chi connectivity index (χ1) is 13.2. The quantitative estimate of drug-likeness (QED) is 0.493. The highest BCUT2D eigenvalue weighted by Crippen LogP contribution is 2.25. The second-order valence-electron chi connectivity index (χ2n) is 6.78. The molecule has 1 aliphatic heterocycles. The largest absolute Gasteiger partial charge is 0.493 e. The van der Waals surface area contributed by atoms with Crippen molar-refractivity contribution in [2.24, 2.45) is 0 Å². The molecule has 2 aromatic rings. The van der Waals surface area contributed by atoms with Crippen LogP contribution in [0.15, 0.2) is 41.8 Å². The SMILES string of the molecule is COc1ccccc1OCCNC(=O)C[NH+]1CC[NH+](Cc2cccs2)CC1. The Morgan fingerprint density at radius 2 is 1.81 bits per heavy atom. The summed E-state index contributed by atoms with van der Waals surface area (Å²) in [5.74, 6) is 1.50. The normalized spacial score (nSPS) is 19.4. The van der Waals surface area contributed by atoms with Gasteiger partial charge in [-0.25, -0.2) is 0 Å². The molecule has 1 aliphatic rings. The van der Waals surface area contributed by atoms with Crippen LogP contribution in [0.3, 0.4) is 0 Å². The highest BCUT2D eigenvalue weighted by atomic mass is 32.1. The van der Waals surface area contributed by atoms with Gasteiger partial charge in [-0.15, -0.1) is 11.3 Å². The van der Waals surface area contributed by atoms with Gasteiger partial charge in [0, 0.05) is 0 Å². The molecule has 2 heterocycles. The number of nitrogens with one attached hydrogen (secondary N) is 3. The number of hydrogen-bond donors (Lipinski definition) is 3. The summed E-state index contributed by atoms with van der Waals surface area (Å²) in [7, 11) is 1.62. The van der Waals surface area contributed by atoms with Crippen molar-refractivity contribution in [3.63, 3.8) is 0 Å². The molecule has 0 bridgehead atoms. The van der Waals surface area contributed by atoms with E-state index in [1.165, 1.54) is 9.78 Å². The van der Waals surface area contributed by atoms with E-state index in [0.29, 0.717) is 31.2 Å². The van der Waals surface area contributed by atoms with Gasteiger partial charge in [-0.1, -0.05) is 18.2 Å². The molecule has 0 atom stereocenters. The van der Waals surface area contributed by atoms with Gasteiger partial charge in [0.15, 0.2) is 18.0 Å². The van der Waals surface area contributed by atoms with E-state index in [1.54, 1.807) is 12.0 Å². The fourth-order valence-corrected chi connectivity index (χ4v) is 4.13. The molecule has 0 radical (unpaired) electrons. The number of rotatable bonds is 9. The van der Waals surface area contributed by atoms with Gasteiger partial charge < -0.3 is 24.6 Å². The minimum absolute atomic E-state index is 0.0929. The number of piperazine rings is 1. The van der Waals surface area contributed by atoms with E-state index >= 15 is 0 Å².